The molecule has 108 valence electrons. The Morgan fingerprint density at radius 2 is 1.84 bits per heavy atom. The Morgan fingerprint density at radius 3 is 2.26 bits per heavy atom. The highest BCUT2D eigenvalue weighted by Gasteiger charge is 2.35. The van der Waals surface area contributed by atoms with Crippen LogP contribution in [0.1, 0.15) is 27.2 Å². The van der Waals surface area contributed by atoms with E-state index in [1.807, 2.05) is 0 Å². The van der Waals surface area contributed by atoms with Crippen LogP contribution >= 0.6 is 0 Å². The highest BCUT2D eigenvalue weighted by atomic mass is 16.4. The van der Waals surface area contributed by atoms with Crippen molar-refractivity contribution in [1.29, 1.82) is 0 Å². The van der Waals surface area contributed by atoms with Crippen molar-refractivity contribution in [3.8, 4) is 0 Å². The molecule has 1 rings (SSSR count). The van der Waals surface area contributed by atoms with Crippen molar-refractivity contribution in [2.45, 2.75) is 33.2 Å². The second-order valence-electron chi connectivity index (χ2n) is 5.93. The quantitative estimate of drug-likeness (QED) is 0.656. The van der Waals surface area contributed by atoms with Gasteiger partial charge in [0.15, 0.2) is 0 Å². The molecule has 7 nitrogen and oxygen atoms in total. The van der Waals surface area contributed by atoms with Gasteiger partial charge in [0.2, 0.25) is 5.91 Å². The lowest BCUT2D eigenvalue weighted by Gasteiger charge is -2.36. The molecule has 4 N–H and O–H groups in total. The molecule has 1 saturated heterocycles. The van der Waals surface area contributed by atoms with Crippen molar-refractivity contribution in [3.05, 3.63) is 0 Å². The van der Waals surface area contributed by atoms with Crippen LogP contribution in [0.3, 0.4) is 0 Å². The summed E-state index contributed by atoms with van der Waals surface area (Å²) < 4.78 is 0. The van der Waals surface area contributed by atoms with Gasteiger partial charge >= 0.3 is 12.0 Å². The first-order valence-electron chi connectivity index (χ1n) is 6.19. The van der Waals surface area contributed by atoms with Crippen molar-refractivity contribution < 1.29 is 19.5 Å². The van der Waals surface area contributed by atoms with E-state index in [0.29, 0.717) is 6.42 Å². The molecule has 0 aliphatic carbocycles. The zero-order valence-corrected chi connectivity index (χ0v) is 11.5. The summed E-state index contributed by atoms with van der Waals surface area (Å²) >= 11 is 0. The van der Waals surface area contributed by atoms with Gasteiger partial charge in [0.25, 0.3) is 0 Å². The monoisotopic (exact) mass is 271 g/mol. The molecule has 2 unspecified atom stereocenters. The fourth-order valence-electron chi connectivity index (χ4n) is 1.96. The van der Waals surface area contributed by atoms with E-state index in [1.54, 1.807) is 20.8 Å². The maximum absolute atomic E-state index is 11.9. The van der Waals surface area contributed by atoms with Crippen LogP contribution in [0.5, 0.6) is 0 Å². The lowest BCUT2D eigenvalue weighted by atomic mass is 9.91. The summed E-state index contributed by atoms with van der Waals surface area (Å²) in [4.78, 5) is 35.4. The molecule has 0 bridgehead atoms. The van der Waals surface area contributed by atoms with Crippen molar-refractivity contribution in [2.75, 3.05) is 13.1 Å². The summed E-state index contributed by atoms with van der Waals surface area (Å²) in [5, 5.41) is 11.8. The number of aliphatic carboxylic acids is 1. The first-order valence-corrected chi connectivity index (χ1v) is 6.19. The van der Waals surface area contributed by atoms with Crippen molar-refractivity contribution >= 4 is 17.9 Å². The first-order chi connectivity index (χ1) is 8.61. The number of urea groups is 1. The highest BCUT2D eigenvalue weighted by molar-refractivity contribution is 5.82. The number of primary amides is 1. The van der Waals surface area contributed by atoms with Gasteiger partial charge in [-0.2, -0.15) is 0 Å². The summed E-state index contributed by atoms with van der Waals surface area (Å²) in [6.07, 6.45) is 0.306. The molecule has 0 spiro atoms. The molecule has 3 amide bonds. The minimum absolute atomic E-state index is 0.0898. The maximum Gasteiger partial charge on any atom is 0.314 e. The highest BCUT2D eigenvalue weighted by Crippen LogP contribution is 2.19. The average molecular weight is 271 g/mol. The molecule has 1 aliphatic heterocycles. The molecule has 0 aromatic rings. The molecule has 0 radical (unpaired) electrons. The summed E-state index contributed by atoms with van der Waals surface area (Å²) in [5.41, 5.74) is 4.63. The number of carbonyl (C=O) groups excluding carboxylic acids is 2. The van der Waals surface area contributed by atoms with Gasteiger partial charge in [0.1, 0.15) is 0 Å². The minimum Gasteiger partial charge on any atom is -0.481 e. The number of carbonyl (C=O) groups is 3. The molecule has 1 fully saturated rings. The van der Waals surface area contributed by atoms with Crippen LogP contribution in [0.2, 0.25) is 0 Å². The van der Waals surface area contributed by atoms with Gasteiger partial charge in [-0.25, -0.2) is 4.79 Å². The summed E-state index contributed by atoms with van der Waals surface area (Å²) in [6, 6.07) is -1.05. The lowest BCUT2D eigenvalue weighted by molar-refractivity contribution is -0.144. The number of nitrogens with one attached hydrogen (secondary N) is 1. The number of hydrogen-bond acceptors (Lipinski definition) is 3. The zero-order valence-electron chi connectivity index (χ0n) is 11.5. The molecule has 1 heterocycles. The van der Waals surface area contributed by atoms with Crippen molar-refractivity contribution in [2.24, 2.45) is 17.1 Å². The SMILES string of the molecule is CC(C)(C)C(=O)NC1CC(C(=O)O)CN(C(N)=O)C1. The van der Waals surface area contributed by atoms with E-state index in [2.05, 4.69) is 5.32 Å². The Balaban J connectivity index is 2.74. The van der Waals surface area contributed by atoms with Gasteiger partial charge < -0.3 is 21.1 Å². The Bertz CT molecular complexity index is 367. The van der Waals surface area contributed by atoms with Crippen LogP contribution < -0.4 is 11.1 Å². The minimum atomic E-state index is -0.985. The topological polar surface area (TPSA) is 113 Å². The second-order valence-corrected chi connectivity index (χ2v) is 5.93. The van der Waals surface area contributed by atoms with E-state index in [9.17, 15) is 14.4 Å². The van der Waals surface area contributed by atoms with E-state index in [1.165, 1.54) is 4.90 Å². The number of nitrogens with zero attached hydrogens (tertiary/aromatic N) is 1. The molecule has 0 aromatic carbocycles. The zero-order chi connectivity index (χ0) is 14.8. The number of hydrogen-bond donors (Lipinski definition) is 3. The number of amides is 3. The van der Waals surface area contributed by atoms with Crippen molar-refractivity contribution in [3.63, 3.8) is 0 Å². The molecule has 0 saturated carbocycles. The van der Waals surface area contributed by atoms with Gasteiger partial charge in [-0.1, -0.05) is 20.8 Å². The number of nitrogens with two attached hydrogens (primary N) is 1. The fourth-order valence-corrected chi connectivity index (χ4v) is 1.96. The number of likely N-dealkylation sites (tertiary alicyclic amines) is 1. The molecular formula is C12H21N3O4. The largest absolute Gasteiger partial charge is 0.481 e. The Hall–Kier alpha value is -1.79. The van der Waals surface area contributed by atoms with Crippen LogP contribution in [-0.4, -0.2) is 47.0 Å². The van der Waals surface area contributed by atoms with Crippen LogP contribution in [0.25, 0.3) is 0 Å². The van der Waals surface area contributed by atoms with Crippen LogP contribution in [0.4, 0.5) is 4.79 Å². The number of carboxylic acids is 1. The molecule has 7 heteroatoms. The van der Waals surface area contributed by atoms with Crippen LogP contribution in [0.15, 0.2) is 0 Å². The fraction of sp³-hybridized carbons (Fsp3) is 0.750. The van der Waals surface area contributed by atoms with E-state index < -0.39 is 23.3 Å². The van der Waals surface area contributed by atoms with Gasteiger partial charge in [0, 0.05) is 24.5 Å². The van der Waals surface area contributed by atoms with Crippen molar-refractivity contribution in [1.82, 2.24) is 10.2 Å². The maximum atomic E-state index is 11.9. The van der Waals surface area contributed by atoms with E-state index in [0.717, 1.165) is 0 Å². The third kappa shape index (κ3) is 4.11. The third-order valence-electron chi connectivity index (χ3n) is 3.13. The summed E-state index contributed by atoms with van der Waals surface area (Å²) in [7, 11) is 0. The van der Waals surface area contributed by atoms with E-state index >= 15 is 0 Å². The van der Waals surface area contributed by atoms with Crippen LogP contribution in [0, 0.1) is 11.3 Å². The molecule has 2 atom stereocenters. The standard InChI is InChI=1S/C12H21N3O4/c1-12(2,3)10(18)14-8-4-7(9(16)17)5-15(6-8)11(13)19/h7-8H,4-6H2,1-3H3,(H2,13,19)(H,14,18)(H,16,17). The Labute approximate surface area is 112 Å². The van der Waals surface area contributed by atoms with Gasteiger partial charge in [-0.3, -0.25) is 9.59 Å². The average Bonchev–Trinajstić information content (AvgIpc) is 2.27. The number of piperidine rings is 1. The van der Waals surface area contributed by atoms with Gasteiger partial charge in [-0.15, -0.1) is 0 Å². The predicted octanol–water partition coefficient (Wildman–Crippen LogP) is 0.00250. The lowest BCUT2D eigenvalue weighted by Crippen LogP contribution is -2.56. The van der Waals surface area contributed by atoms with E-state index in [4.69, 9.17) is 10.8 Å². The first kappa shape index (κ1) is 15.3. The number of carboxylic acid groups (broad SMARTS) is 1. The molecule has 19 heavy (non-hydrogen) atoms. The summed E-state index contributed by atoms with van der Waals surface area (Å²) in [5.74, 6) is -1.86. The summed E-state index contributed by atoms with van der Waals surface area (Å²) in [6.45, 7) is 5.65. The molecule has 1 aliphatic rings. The smallest absolute Gasteiger partial charge is 0.314 e. The number of rotatable bonds is 2. The third-order valence-corrected chi connectivity index (χ3v) is 3.13. The second kappa shape index (κ2) is 5.46. The van der Waals surface area contributed by atoms with Crippen LogP contribution in [-0.2, 0) is 9.59 Å². The predicted molar refractivity (Wildman–Crippen MR) is 68.3 cm³/mol. The normalized spacial score (nSPS) is 23.8. The van der Waals surface area contributed by atoms with Gasteiger partial charge in [0.05, 0.1) is 5.92 Å². The van der Waals surface area contributed by atoms with E-state index in [-0.39, 0.29) is 25.0 Å². The Morgan fingerprint density at radius 1 is 1.26 bits per heavy atom. The molecule has 0 aromatic heterocycles. The Kier molecular flexibility index (Phi) is 4.39. The van der Waals surface area contributed by atoms with Gasteiger partial charge in [-0.05, 0) is 6.42 Å². The molecular weight excluding hydrogens is 250 g/mol.